The van der Waals surface area contributed by atoms with Crippen molar-refractivity contribution >= 4 is 23.2 Å². The van der Waals surface area contributed by atoms with E-state index in [4.69, 9.17) is 9.47 Å². The summed E-state index contributed by atoms with van der Waals surface area (Å²) in [7, 11) is 0. The zero-order chi connectivity index (χ0) is 24.6. The minimum Gasteiger partial charge on any atom is -0.486 e. The van der Waals surface area contributed by atoms with Gasteiger partial charge in [0.1, 0.15) is 13.2 Å². The van der Waals surface area contributed by atoms with Gasteiger partial charge in [-0.2, -0.15) is 0 Å². The van der Waals surface area contributed by atoms with Crippen LogP contribution in [0.2, 0.25) is 0 Å². The fourth-order valence-corrected chi connectivity index (χ4v) is 6.76. The molecule has 3 atom stereocenters. The molecule has 3 aliphatic rings. The van der Waals surface area contributed by atoms with Crippen LogP contribution in [0, 0.1) is 0 Å². The van der Waals surface area contributed by atoms with E-state index < -0.39 is 5.92 Å². The van der Waals surface area contributed by atoms with Crippen LogP contribution < -0.4 is 14.8 Å². The number of hydrogen-bond acceptors (Lipinski definition) is 5. The van der Waals surface area contributed by atoms with Crippen LogP contribution in [0.3, 0.4) is 0 Å². The first-order valence-electron chi connectivity index (χ1n) is 12.8. The molecule has 186 valence electrons. The SMILES string of the molecule is C[C@H](NC(=O)[C@H]1c2ccccc2C(=O)N(C2CCCC2)[C@@H]1c1cccs1)c1ccc2c(c1)OCCO2. The van der Waals surface area contributed by atoms with Crippen molar-refractivity contribution in [2.75, 3.05) is 13.2 Å². The minimum absolute atomic E-state index is 0.0415. The Labute approximate surface area is 215 Å². The molecule has 1 aliphatic carbocycles. The molecule has 2 aromatic carbocycles. The van der Waals surface area contributed by atoms with Gasteiger partial charge in [-0.25, -0.2) is 0 Å². The van der Waals surface area contributed by atoms with E-state index in [-0.39, 0.29) is 29.9 Å². The molecule has 1 fully saturated rings. The Morgan fingerprint density at radius 2 is 1.81 bits per heavy atom. The Bertz CT molecular complexity index is 1270. The predicted molar refractivity (Wildman–Crippen MR) is 139 cm³/mol. The van der Waals surface area contributed by atoms with E-state index >= 15 is 0 Å². The van der Waals surface area contributed by atoms with Crippen molar-refractivity contribution in [1.82, 2.24) is 10.2 Å². The van der Waals surface area contributed by atoms with Crippen molar-refractivity contribution in [2.45, 2.75) is 56.7 Å². The van der Waals surface area contributed by atoms with Gasteiger partial charge in [-0.15, -0.1) is 11.3 Å². The quantitative estimate of drug-likeness (QED) is 0.492. The van der Waals surface area contributed by atoms with E-state index in [1.54, 1.807) is 11.3 Å². The molecule has 36 heavy (non-hydrogen) atoms. The normalized spacial score (nSPS) is 22.2. The lowest BCUT2D eigenvalue weighted by atomic mass is 9.80. The van der Waals surface area contributed by atoms with Gasteiger partial charge in [0.25, 0.3) is 5.91 Å². The fraction of sp³-hybridized carbons (Fsp3) is 0.379. The number of hydrogen-bond donors (Lipinski definition) is 1. The summed E-state index contributed by atoms with van der Waals surface area (Å²) in [5.41, 5.74) is 2.40. The highest BCUT2D eigenvalue weighted by Crippen LogP contribution is 2.47. The molecule has 0 saturated heterocycles. The number of benzene rings is 2. The number of fused-ring (bicyclic) bond motifs is 2. The van der Waals surface area contributed by atoms with Crippen LogP contribution in [0.4, 0.5) is 0 Å². The van der Waals surface area contributed by atoms with E-state index in [1.165, 1.54) is 0 Å². The lowest BCUT2D eigenvalue weighted by molar-refractivity contribution is -0.125. The second-order valence-corrected chi connectivity index (χ2v) is 10.8. The average Bonchev–Trinajstić information content (AvgIpc) is 3.63. The number of thiophene rings is 1. The largest absolute Gasteiger partial charge is 0.486 e. The van der Waals surface area contributed by atoms with Crippen molar-refractivity contribution in [3.05, 3.63) is 81.5 Å². The molecule has 7 heteroatoms. The fourth-order valence-electron chi connectivity index (χ4n) is 5.90. The molecule has 0 unspecified atom stereocenters. The average molecular weight is 503 g/mol. The van der Waals surface area contributed by atoms with Crippen LogP contribution in [0.25, 0.3) is 0 Å². The number of rotatable bonds is 5. The molecule has 0 bridgehead atoms. The summed E-state index contributed by atoms with van der Waals surface area (Å²) in [5.74, 6) is 0.918. The van der Waals surface area contributed by atoms with Crippen LogP contribution in [-0.2, 0) is 4.79 Å². The van der Waals surface area contributed by atoms with Gasteiger partial charge in [0.05, 0.1) is 18.0 Å². The lowest BCUT2D eigenvalue weighted by Gasteiger charge is -2.44. The van der Waals surface area contributed by atoms with Crippen molar-refractivity contribution in [2.24, 2.45) is 0 Å². The zero-order valence-electron chi connectivity index (χ0n) is 20.3. The van der Waals surface area contributed by atoms with Gasteiger partial charge < -0.3 is 19.7 Å². The molecule has 0 spiro atoms. The lowest BCUT2D eigenvalue weighted by Crippen LogP contribution is -2.50. The third-order valence-electron chi connectivity index (χ3n) is 7.64. The third kappa shape index (κ3) is 4.05. The van der Waals surface area contributed by atoms with E-state index in [9.17, 15) is 9.59 Å². The molecular weight excluding hydrogens is 472 g/mol. The number of amides is 2. The molecule has 3 aromatic rings. The van der Waals surface area contributed by atoms with Crippen LogP contribution in [0.1, 0.15) is 77.0 Å². The summed E-state index contributed by atoms with van der Waals surface area (Å²) in [5, 5.41) is 5.29. The molecule has 2 amide bonds. The van der Waals surface area contributed by atoms with Gasteiger partial charge in [0.15, 0.2) is 11.5 Å². The summed E-state index contributed by atoms with van der Waals surface area (Å²) >= 11 is 1.62. The minimum atomic E-state index is -0.488. The molecule has 2 aliphatic heterocycles. The number of ether oxygens (including phenoxy) is 2. The maximum atomic E-state index is 14.1. The van der Waals surface area contributed by atoms with Crippen molar-refractivity contribution < 1.29 is 19.1 Å². The van der Waals surface area contributed by atoms with E-state index in [0.29, 0.717) is 24.5 Å². The predicted octanol–water partition coefficient (Wildman–Crippen LogP) is 5.62. The summed E-state index contributed by atoms with van der Waals surface area (Å²) < 4.78 is 11.4. The second-order valence-electron chi connectivity index (χ2n) is 9.81. The Morgan fingerprint density at radius 1 is 1.03 bits per heavy atom. The first-order chi connectivity index (χ1) is 17.6. The Hall–Kier alpha value is -3.32. The number of carbonyl (C=O) groups is 2. The maximum Gasteiger partial charge on any atom is 0.254 e. The second kappa shape index (κ2) is 9.62. The number of nitrogens with one attached hydrogen (secondary N) is 1. The monoisotopic (exact) mass is 502 g/mol. The standard InChI is InChI=1S/C29H30N2O4S/c1-18(19-12-13-23-24(17-19)35-15-14-34-23)30-28(32)26-21-9-4-5-10-22(21)29(33)31(20-7-2-3-8-20)27(26)25-11-6-16-36-25/h4-6,9-13,16-18,20,26-27H,2-3,7-8,14-15H2,1H3,(H,30,32)/t18-,26-,27+/m0/s1. The first kappa shape index (κ1) is 23.1. The van der Waals surface area contributed by atoms with Crippen LogP contribution in [0.15, 0.2) is 60.0 Å². The van der Waals surface area contributed by atoms with Crippen molar-refractivity contribution in [3.63, 3.8) is 0 Å². The Balaban J connectivity index is 1.37. The molecule has 6 rings (SSSR count). The molecule has 6 nitrogen and oxygen atoms in total. The molecule has 3 heterocycles. The van der Waals surface area contributed by atoms with E-state index in [2.05, 4.69) is 11.4 Å². The Kier molecular flexibility index (Phi) is 6.17. The zero-order valence-corrected chi connectivity index (χ0v) is 21.1. The topological polar surface area (TPSA) is 67.9 Å². The molecule has 1 aromatic heterocycles. The summed E-state index contributed by atoms with van der Waals surface area (Å²) in [6, 6.07) is 17.1. The summed E-state index contributed by atoms with van der Waals surface area (Å²) in [6.45, 7) is 3.04. The maximum absolute atomic E-state index is 14.1. The van der Waals surface area contributed by atoms with E-state index in [0.717, 1.165) is 47.4 Å². The third-order valence-corrected chi connectivity index (χ3v) is 8.58. The first-order valence-corrected chi connectivity index (χ1v) is 13.6. The Morgan fingerprint density at radius 3 is 2.58 bits per heavy atom. The van der Waals surface area contributed by atoms with Gasteiger partial charge in [-0.1, -0.05) is 43.2 Å². The number of nitrogens with zero attached hydrogens (tertiary/aromatic N) is 1. The smallest absolute Gasteiger partial charge is 0.254 e. The van der Waals surface area contributed by atoms with E-state index in [1.807, 2.05) is 65.7 Å². The van der Waals surface area contributed by atoms with Gasteiger partial charge in [-0.05, 0) is 60.5 Å². The highest BCUT2D eigenvalue weighted by atomic mass is 32.1. The van der Waals surface area contributed by atoms with Crippen LogP contribution in [-0.4, -0.2) is 36.0 Å². The highest BCUT2D eigenvalue weighted by Gasteiger charge is 2.47. The van der Waals surface area contributed by atoms with Gasteiger partial charge in [0.2, 0.25) is 5.91 Å². The molecule has 0 radical (unpaired) electrons. The van der Waals surface area contributed by atoms with Crippen molar-refractivity contribution in [1.29, 1.82) is 0 Å². The van der Waals surface area contributed by atoms with Crippen LogP contribution >= 0.6 is 11.3 Å². The summed E-state index contributed by atoms with van der Waals surface area (Å²) in [6.07, 6.45) is 4.20. The van der Waals surface area contributed by atoms with Gasteiger partial charge in [0, 0.05) is 16.5 Å². The van der Waals surface area contributed by atoms with Gasteiger partial charge in [-0.3, -0.25) is 9.59 Å². The highest BCUT2D eigenvalue weighted by molar-refractivity contribution is 7.10. The number of carbonyl (C=O) groups excluding carboxylic acids is 2. The summed E-state index contributed by atoms with van der Waals surface area (Å²) in [4.78, 5) is 31.0. The van der Waals surface area contributed by atoms with Crippen molar-refractivity contribution in [3.8, 4) is 11.5 Å². The molecule has 1 saturated carbocycles. The molecular formula is C29H30N2O4S. The van der Waals surface area contributed by atoms with Crippen LogP contribution in [0.5, 0.6) is 11.5 Å². The molecule has 1 N–H and O–H groups in total. The van der Waals surface area contributed by atoms with Gasteiger partial charge >= 0.3 is 0 Å².